The molecule has 0 fully saturated rings. The SMILES string of the molecule is COCCN(CC=Nc1c(O)cc2c(O)c1CC(C)CC(OC)C(O)C(C)C=C(C)C(OC(N)=O)C(OC)/C=C\C=C(C)C(=O)N2)CCOC. The number of benzene rings is 1. The maximum Gasteiger partial charge on any atom is 0.405 e. The lowest BCUT2D eigenvalue weighted by molar-refractivity contribution is -0.112. The number of phenolic OH excluding ortho intramolecular Hbond substituents is 2. The zero-order chi connectivity index (χ0) is 37.4. The van der Waals surface area contributed by atoms with Gasteiger partial charge in [0.15, 0.2) is 6.10 Å². The Labute approximate surface area is 295 Å². The molecule has 6 N–H and O–H groups in total. The molecule has 14 heteroatoms. The van der Waals surface area contributed by atoms with E-state index in [0.717, 1.165) is 0 Å². The Morgan fingerprint density at radius 3 is 2.34 bits per heavy atom. The van der Waals surface area contributed by atoms with Gasteiger partial charge in [-0.1, -0.05) is 38.2 Å². The fourth-order valence-corrected chi connectivity index (χ4v) is 5.72. The van der Waals surface area contributed by atoms with E-state index in [1.54, 1.807) is 52.5 Å². The number of carbonyl (C=O) groups excluding carboxylic acids is 2. The number of primary amides is 1. The van der Waals surface area contributed by atoms with Gasteiger partial charge >= 0.3 is 6.09 Å². The van der Waals surface area contributed by atoms with Gasteiger partial charge in [0.1, 0.15) is 23.3 Å². The molecule has 1 heterocycles. The number of anilines is 1. The number of fused-ring (bicyclic) bond motifs is 2. The Balaban J connectivity index is 2.64. The number of aliphatic hydroxyl groups excluding tert-OH is 1. The number of allylic oxidation sites excluding steroid dienone is 2. The highest BCUT2D eigenvalue weighted by molar-refractivity contribution is 6.04. The summed E-state index contributed by atoms with van der Waals surface area (Å²) in [5.74, 6) is -1.65. The first-order valence-corrected chi connectivity index (χ1v) is 16.6. The highest BCUT2D eigenvalue weighted by Crippen LogP contribution is 2.44. The zero-order valence-corrected chi connectivity index (χ0v) is 30.5. The van der Waals surface area contributed by atoms with Crippen molar-refractivity contribution in [3.05, 3.63) is 47.1 Å². The van der Waals surface area contributed by atoms with Gasteiger partial charge in [-0.2, -0.15) is 0 Å². The molecule has 1 aromatic rings. The van der Waals surface area contributed by atoms with E-state index < -0.39 is 42.3 Å². The Morgan fingerprint density at radius 2 is 1.76 bits per heavy atom. The van der Waals surface area contributed by atoms with Crippen molar-refractivity contribution in [3.63, 3.8) is 0 Å². The average Bonchev–Trinajstić information content (AvgIpc) is 3.07. The molecule has 1 aromatic carbocycles. The molecule has 2 bridgehead atoms. The molecule has 2 amide bonds. The van der Waals surface area contributed by atoms with Crippen LogP contribution in [0.1, 0.15) is 39.7 Å². The van der Waals surface area contributed by atoms with Crippen molar-refractivity contribution in [2.45, 2.75) is 65.0 Å². The number of carbonyl (C=O) groups is 2. The molecule has 0 saturated carbocycles. The van der Waals surface area contributed by atoms with Crippen molar-refractivity contribution < 1.29 is 48.6 Å². The molecular formula is C36H56N4O10. The van der Waals surface area contributed by atoms with Crippen molar-refractivity contribution in [1.82, 2.24) is 4.90 Å². The number of methoxy groups -OCH3 is 4. The van der Waals surface area contributed by atoms with Gasteiger partial charge in [-0.05, 0) is 38.2 Å². The van der Waals surface area contributed by atoms with Gasteiger partial charge < -0.3 is 50.1 Å². The lowest BCUT2D eigenvalue weighted by Gasteiger charge is -2.29. The molecule has 0 radical (unpaired) electrons. The van der Waals surface area contributed by atoms with Gasteiger partial charge in [0.05, 0.1) is 31.1 Å². The summed E-state index contributed by atoms with van der Waals surface area (Å²) in [6.45, 7) is 9.80. The van der Waals surface area contributed by atoms with Crippen molar-refractivity contribution in [2.75, 3.05) is 66.6 Å². The van der Waals surface area contributed by atoms with Gasteiger partial charge in [-0.15, -0.1) is 0 Å². The maximum atomic E-state index is 13.2. The minimum absolute atomic E-state index is 0.00609. The lowest BCUT2D eigenvalue weighted by atomic mass is 9.87. The second kappa shape index (κ2) is 21.4. The number of aromatic hydroxyl groups is 2. The van der Waals surface area contributed by atoms with E-state index in [2.05, 4.69) is 15.2 Å². The summed E-state index contributed by atoms with van der Waals surface area (Å²) < 4.78 is 27.2. The third-order valence-corrected chi connectivity index (χ3v) is 8.59. The molecule has 280 valence electrons. The first-order chi connectivity index (χ1) is 23.8. The van der Waals surface area contributed by atoms with E-state index in [-0.39, 0.29) is 40.8 Å². The molecule has 0 aromatic heterocycles. The number of aliphatic imine (C=N–C) groups is 1. The van der Waals surface area contributed by atoms with Gasteiger partial charge in [0.25, 0.3) is 5.91 Å². The number of nitrogens with one attached hydrogen (secondary N) is 1. The molecule has 6 unspecified atom stereocenters. The third-order valence-electron chi connectivity index (χ3n) is 8.59. The second-order valence-corrected chi connectivity index (χ2v) is 12.5. The van der Waals surface area contributed by atoms with E-state index in [0.29, 0.717) is 50.4 Å². The quantitative estimate of drug-likeness (QED) is 0.0918. The van der Waals surface area contributed by atoms with E-state index in [9.17, 15) is 24.9 Å². The van der Waals surface area contributed by atoms with Gasteiger partial charge in [0, 0.05) is 77.4 Å². The summed E-state index contributed by atoms with van der Waals surface area (Å²) in [4.78, 5) is 31.7. The van der Waals surface area contributed by atoms with Crippen LogP contribution in [0.25, 0.3) is 0 Å². The molecule has 0 aliphatic carbocycles. The van der Waals surface area contributed by atoms with E-state index >= 15 is 0 Å². The van der Waals surface area contributed by atoms with Crippen molar-refractivity contribution in [3.8, 4) is 11.5 Å². The van der Waals surface area contributed by atoms with Crippen LogP contribution in [-0.2, 0) is 34.9 Å². The van der Waals surface area contributed by atoms with Crippen molar-refractivity contribution >= 4 is 29.6 Å². The zero-order valence-electron chi connectivity index (χ0n) is 30.5. The number of phenols is 2. The van der Waals surface area contributed by atoms with Crippen LogP contribution in [0.2, 0.25) is 0 Å². The van der Waals surface area contributed by atoms with Crippen LogP contribution in [0.5, 0.6) is 11.5 Å². The Bertz CT molecular complexity index is 1370. The highest BCUT2D eigenvalue weighted by Gasteiger charge is 2.30. The molecule has 0 saturated heterocycles. The number of amides is 2. The van der Waals surface area contributed by atoms with Crippen LogP contribution in [0, 0.1) is 11.8 Å². The first kappa shape index (κ1) is 42.4. The van der Waals surface area contributed by atoms with E-state index in [1.807, 2.05) is 13.8 Å². The molecule has 6 atom stereocenters. The van der Waals surface area contributed by atoms with Crippen LogP contribution < -0.4 is 11.1 Å². The smallest absolute Gasteiger partial charge is 0.405 e. The van der Waals surface area contributed by atoms with Crippen LogP contribution in [0.3, 0.4) is 0 Å². The summed E-state index contributed by atoms with van der Waals surface area (Å²) in [6, 6.07) is 1.26. The number of aliphatic hydroxyl groups is 1. The minimum atomic E-state index is -0.998. The lowest BCUT2D eigenvalue weighted by Crippen LogP contribution is -2.37. The van der Waals surface area contributed by atoms with Gasteiger partial charge in [0.2, 0.25) is 0 Å². The molecule has 1 aliphatic rings. The number of nitrogens with two attached hydrogens (primary N) is 1. The van der Waals surface area contributed by atoms with Crippen LogP contribution in [-0.4, -0.2) is 124 Å². The summed E-state index contributed by atoms with van der Waals surface area (Å²) in [7, 11) is 6.20. The van der Waals surface area contributed by atoms with Crippen molar-refractivity contribution in [2.24, 2.45) is 22.6 Å². The summed E-state index contributed by atoms with van der Waals surface area (Å²) in [6.07, 6.45) is 4.44. The van der Waals surface area contributed by atoms with Gasteiger partial charge in [-0.3, -0.25) is 14.7 Å². The Morgan fingerprint density at radius 1 is 1.10 bits per heavy atom. The predicted molar refractivity (Wildman–Crippen MR) is 192 cm³/mol. The highest BCUT2D eigenvalue weighted by atomic mass is 16.6. The number of ether oxygens (including phenoxy) is 5. The predicted octanol–water partition coefficient (Wildman–Crippen LogP) is 3.86. The molecule has 2 rings (SSSR count). The third kappa shape index (κ3) is 12.8. The van der Waals surface area contributed by atoms with Gasteiger partial charge in [-0.25, -0.2) is 4.79 Å². The standard InChI is InChI=1S/C36H56N4O10/c1-22-18-26-31(38-12-13-40(14-16-46-5)15-17-47-6)28(41)21-27(33(26)43)39-35(44)23(2)10-9-11-29(48-7)34(50-36(37)45)25(4)20-24(3)32(42)30(19-22)49-8/h9-12,20-22,24,29-30,32,34,41-43H,13-19H2,1-8H3,(H2,37,45)(H,39,44)/b11-9-,23-10?,25-20?,38-12?. The Hall–Kier alpha value is -3.79. The molecule has 14 nitrogen and oxygen atoms in total. The maximum absolute atomic E-state index is 13.2. The van der Waals surface area contributed by atoms with E-state index in [4.69, 9.17) is 29.4 Å². The van der Waals surface area contributed by atoms with Crippen LogP contribution >= 0.6 is 0 Å². The molecular weight excluding hydrogens is 648 g/mol. The summed E-state index contributed by atoms with van der Waals surface area (Å²) in [5, 5.41) is 36.8. The fraction of sp³-hybridized carbons (Fsp3) is 0.583. The molecule has 50 heavy (non-hydrogen) atoms. The van der Waals surface area contributed by atoms with E-state index in [1.165, 1.54) is 26.4 Å². The summed E-state index contributed by atoms with van der Waals surface area (Å²) in [5.41, 5.74) is 6.75. The first-order valence-electron chi connectivity index (χ1n) is 16.6. The minimum Gasteiger partial charge on any atom is -0.506 e. The number of rotatable bonds is 12. The number of hydrogen-bond acceptors (Lipinski definition) is 12. The molecule has 1 aliphatic heterocycles. The van der Waals surface area contributed by atoms with Crippen LogP contribution in [0.4, 0.5) is 16.2 Å². The Kier molecular flexibility index (Phi) is 18.2. The normalized spacial score (nSPS) is 24.9. The monoisotopic (exact) mass is 704 g/mol. The second-order valence-electron chi connectivity index (χ2n) is 12.5. The number of nitrogens with zero attached hydrogens (tertiary/aromatic N) is 2. The topological polar surface area (TPSA) is 195 Å². The summed E-state index contributed by atoms with van der Waals surface area (Å²) >= 11 is 0. The van der Waals surface area contributed by atoms with Crippen molar-refractivity contribution in [1.29, 1.82) is 0 Å². The largest absolute Gasteiger partial charge is 0.506 e. The fourth-order valence-electron chi connectivity index (χ4n) is 5.72. The molecule has 0 spiro atoms. The number of hydrogen-bond donors (Lipinski definition) is 5. The van der Waals surface area contributed by atoms with Crippen LogP contribution in [0.15, 0.2) is 46.5 Å². The average molecular weight is 705 g/mol.